The van der Waals surface area contributed by atoms with Crippen molar-refractivity contribution in [2.45, 2.75) is 32.2 Å². The molecule has 1 saturated heterocycles. The lowest BCUT2D eigenvalue weighted by Gasteiger charge is -2.15. The molecule has 1 aliphatic heterocycles. The Hall–Kier alpha value is -1.06. The third kappa shape index (κ3) is 4.00. The van der Waals surface area contributed by atoms with E-state index in [1.54, 1.807) is 0 Å². The number of likely N-dealkylation sites (tertiary alicyclic amines) is 1. The molecule has 2 N–H and O–H groups in total. The van der Waals surface area contributed by atoms with Crippen LogP contribution in [0.5, 0.6) is 5.75 Å². The lowest BCUT2D eigenvalue weighted by molar-refractivity contribution is 0.263. The van der Waals surface area contributed by atoms with Gasteiger partial charge in [-0.3, -0.25) is 0 Å². The van der Waals surface area contributed by atoms with Crippen molar-refractivity contribution in [2.24, 2.45) is 5.73 Å². The van der Waals surface area contributed by atoms with Gasteiger partial charge < -0.3 is 15.4 Å². The standard InChI is InChI=1S/C15H24N2O/c1-13(16)14-6-4-7-15(12-14)18-11-5-10-17-8-2-3-9-17/h4,6-7,12-13H,2-3,5,8-11,16H2,1H3. The maximum Gasteiger partial charge on any atom is 0.119 e. The zero-order chi connectivity index (χ0) is 12.8. The van der Waals surface area contributed by atoms with Crippen LogP contribution < -0.4 is 10.5 Å². The molecule has 1 aromatic rings. The van der Waals surface area contributed by atoms with Gasteiger partial charge in [0.2, 0.25) is 0 Å². The van der Waals surface area contributed by atoms with Crippen LogP contribution in [0.4, 0.5) is 0 Å². The van der Waals surface area contributed by atoms with Crippen molar-refractivity contribution in [3.05, 3.63) is 29.8 Å². The third-order valence-corrected chi connectivity index (χ3v) is 3.47. The average Bonchev–Trinajstić information content (AvgIpc) is 2.88. The van der Waals surface area contributed by atoms with Gasteiger partial charge in [0.1, 0.15) is 5.75 Å². The summed E-state index contributed by atoms with van der Waals surface area (Å²) in [7, 11) is 0. The lowest BCUT2D eigenvalue weighted by atomic mass is 10.1. The minimum Gasteiger partial charge on any atom is -0.494 e. The smallest absolute Gasteiger partial charge is 0.119 e. The number of rotatable bonds is 6. The number of hydrogen-bond donors (Lipinski definition) is 1. The van der Waals surface area contributed by atoms with Gasteiger partial charge in [-0.05, 0) is 57.0 Å². The summed E-state index contributed by atoms with van der Waals surface area (Å²) in [5.74, 6) is 0.936. The Morgan fingerprint density at radius 3 is 2.83 bits per heavy atom. The maximum absolute atomic E-state index is 5.86. The van der Waals surface area contributed by atoms with E-state index in [1.165, 1.54) is 25.9 Å². The summed E-state index contributed by atoms with van der Waals surface area (Å²) >= 11 is 0. The Morgan fingerprint density at radius 1 is 1.33 bits per heavy atom. The second-order valence-corrected chi connectivity index (χ2v) is 5.11. The van der Waals surface area contributed by atoms with E-state index in [2.05, 4.69) is 4.90 Å². The van der Waals surface area contributed by atoms with Crippen molar-refractivity contribution in [1.82, 2.24) is 4.90 Å². The summed E-state index contributed by atoms with van der Waals surface area (Å²) in [6, 6.07) is 8.16. The summed E-state index contributed by atoms with van der Waals surface area (Å²) in [6.45, 7) is 6.47. The van der Waals surface area contributed by atoms with Crippen molar-refractivity contribution >= 4 is 0 Å². The highest BCUT2D eigenvalue weighted by molar-refractivity contribution is 5.30. The molecule has 18 heavy (non-hydrogen) atoms. The molecule has 1 fully saturated rings. The summed E-state index contributed by atoms with van der Waals surface area (Å²) in [6.07, 6.45) is 3.82. The SMILES string of the molecule is CC(N)c1cccc(OCCCN2CCCC2)c1. The van der Waals surface area contributed by atoms with E-state index >= 15 is 0 Å². The molecule has 0 spiro atoms. The molecular weight excluding hydrogens is 224 g/mol. The summed E-state index contributed by atoms with van der Waals surface area (Å²) < 4.78 is 5.77. The van der Waals surface area contributed by atoms with Crippen LogP contribution in [0.15, 0.2) is 24.3 Å². The number of ether oxygens (including phenoxy) is 1. The average molecular weight is 248 g/mol. The van der Waals surface area contributed by atoms with Crippen molar-refractivity contribution in [3.63, 3.8) is 0 Å². The van der Waals surface area contributed by atoms with E-state index in [0.717, 1.165) is 30.9 Å². The fraction of sp³-hybridized carbons (Fsp3) is 0.600. The summed E-state index contributed by atoms with van der Waals surface area (Å²) in [5, 5.41) is 0. The molecule has 3 heteroatoms. The molecule has 1 unspecified atom stereocenters. The van der Waals surface area contributed by atoms with Gasteiger partial charge in [-0.1, -0.05) is 12.1 Å². The Labute approximate surface area is 110 Å². The fourth-order valence-electron chi connectivity index (χ4n) is 2.37. The van der Waals surface area contributed by atoms with Gasteiger partial charge >= 0.3 is 0 Å². The topological polar surface area (TPSA) is 38.5 Å². The largest absolute Gasteiger partial charge is 0.494 e. The fourth-order valence-corrected chi connectivity index (χ4v) is 2.37. The van der Waals surface area contributed by atoms with Crippen LogP contribution in [0.2, 0.25) is 0 Å². The molecule has 1 aromatic carbocycles. The van der Waals surface area contributed by atoms with Crippen LogP contribution in [0, 0.1) is 0 Å². The maximum atomic E-state index is 5.86. The Bertz CT molecular complexity index is 359. The minimum atomic E-state index is 0.0677. The minimum absolute atomic E-state index is 0.0677. The molecule has 1 atom stereocenters. The lowest BCUT2D eigenvalue weighted by Crippen LogP contribution is -2.21. The molecule has 0 aliphatic carbocycles. The molecule has 2 rings (SSSR count). The molecule has 3 nitrogen and oxygen atoms in total. The quantitative estimate of drug-likeness (QED) is 0.786. The second kappa shape index (κ2) is 6.76. The van der Waals surface area contributed by atoms with Crippen LogP contribution >= 0.6 is 0 Å². The first-order chi connectivity index (χ1) is 8.75. The monoisotopic (exact) mass is 248 g/mol. The molecular formula is C15H24N2O. The molecule has 0 aromatic heterocycles. The van der Waals surface area contributed by atoms with E-state index < -0.39 is 0 Å². The van der Waals surface area contributed by atoms with Crippen LogP contribution in [0.25, 0.3) is 0 Å². The van der Waals surface area contributed by atoms with E-state index in [1.807, 2.05) is 31.2 Å². The molecule has 0 amide bonds. The molecule has 0 radical (unpaired) electrons. The molecule has 1 aliphatic rings. The van der Waals surface area contributed by atoms with E-state index in [9.17, 15) is 0 Å². The number of hydrogen-bond acceptors (Lipinski definition) is 3. The molecule has 0 saturated carbocycles. The van der Waals surface area contributed by atoms with Crippen molar-refractivity contribution in [2.75, 3.05) is 26.2 Å². The predicted molar refractivity (Wildman–Crippen MR) is 74.8 cm³/mol. The van der Waals surface area contributed by atoms with Crippen LogP contribution in [0.3, 0.4) is 0 Å². The van der Waals surface area contributed by atoms with Gasteiger partial charge in [-0.2, -0.15) is 0 Å². The van der Waals surface area contributed by atoms with Gasteiger partial charge in [0.15, 0.2) is 0 Å². The van der Waals surface area contributed by atoms with Gasteiger partial charge in [0, 0.05) is 12.6 Å². The van der Waals surface area contributed by atoms with E-state index in [-0.39, 0.29) is 6.04 Å². The van der Waals surface area contributed by atoms with Gasteiger partial charge in [0.25, 0.3) is 0 Å². The molecule has 1 heterocycles. The zero-order valence-electron chi connectivity index (χ0n) is 11.3. The van der Waals surface area contributed by atoms with Crippen LogP contribution in [-0.2, 0) is 0 Å². The first-order valence-corrected chi connectivity index (χ1v) is 6.96. The second-order valence-electron chi connectivity index (χ2n) is 5.11. The van der Waals surface area contributed by atoms with E-state index in [4.69, 9.17) is 10.5 Å². The predicted octanol–water partition coefficient (Wildman–Crippen LogP) is 2.57. The highest BCUT2D eigenvalue weighted by Gasteiger charge is 2.10. The summed E-state index contributed by atoms with van der Waals surface area (Å²) in [4.78, 5) is 2.52. The van der Waals surface area contributed by atoms with Crippen LogP contribution in [0.1, 0.15) is 37.8 Å². The van der Waals surface area contributed by atoms with Gasteiger partial charge in [-0.15, -0.1) is 0 Å². The third-order valence-electron chi connectivity index (χ3n) is 3.47. The molecule has 100 valence electrons. The van der Waals surface area contributed by atoms with E-state index in [0.29, 0.717) is 0 Å². The Morgan fingerprint density at radius 2 is 2.11 bits per heavy atom. The van der Waals surface area contributed by atoms with Gasteiger partial charge in [-0.25, -0.2) is 0 Å². The molecule has 0 bridgehead atoms. The van der Waals surface area contributed by atoms with Crippen LogP contribution in [-0.4, -0.2) is 31.1 Å². The van der Waals surface area contributed by atoms with Crippen molar-refractivity contribution in [1.29, 1.82) is 0 Å². The van der Waals surface area contributed by atoms with Gasteiger partial charge in [0.05, 0.1) is 6.61 Å². The first kappa shape index (κ1) is 13.4. The van der Waals surface area contributed by atoms with Crippen molar-refractivity contribution in [3.8, 4) is 5.75 Å². The Balaban J connectivity index is 1.70. The van der Waals surface area contributed by atoms with Crippen molar-refractivity contribution < 1.29 is 4.74 Å². The number of nitrogens with two attached hydrogens (primary N) is 1. The Kier molecular flexibility index (Phi) is 5.02. The zero-order valence-corrected chi connectivity index (χ0v) is 11.3. The first-order valence-electron chi connectivity index (χ1n) is 6.96. The highest BCUT2D eigenvalue weighted by atomic mass is 16.5. The normalized spacial score (nSPS) is 17.9. The summed E-state index contributed by atoms with van der Waals surface area (Å²) in [5.41, 5.74) is 6.99. The highest BCUT2D eigenvalue weighted by Crippen LogP contribution is 2.17. The number of nitrogens with zero attached hydrogens (tertiary/aromatic N) is 1. The number of benzene rings is 1.